The zero-order valence-electron chi connectivity index (χ0n) is 18.5. The Morgan fingerprint density at radius 1 is 1.00 bits per heavy atom. The van der Waals surface area contributed by atoms with Gasteiger partial charge in [-0.3, -0.25) is 25.2 Å². The fourth-order valence-corrected chi connectivity index (χ4v) is 3.57. The number of nitrogens with one attached hydrogen (secondary N) is 3. The molecule has 1 aliphatic rings. The highest BCUT2D eigenvalue weighted by Crippen LogP contribution is 2.46. The third-order valence-corrected chi connectivity index (χ3v) is 5.47. The first-order valence-corrected chi connectivity index (χ1v) is 10.6. The average Bonchev–Trinajstić information content (AvgIpc) is 3.17. The molecule has 0 atom stereocenters. The van der Waals surface area contributed by atoms with Crippen LogP contribution in [0.5, 0.6) is 0 Å². The molecule has 3 amide bonds. The van der Waals surface area contributed by atoms with Gasteiger partial charge < -0.3 is 4.42 Å². The number of fused-ring (bicyclic) bond motifs is 1. The van der Waals surface area contributed by atoms with Gasteiger partial charge in [-0.25, -0.2) is 5.43 Å². The fourth-order valence-electron chi connectivity index (χ4n) is 3.38. The number of benzene rings is 1. The smallest absolute Gasteiger partial charge is 0.455 e. The Morgan fingerprint density at radius 2 is 1.65 bits per heavy atom. The Balaban J connectivity index is 1.77. The van der Waals surface area contributed by atoms with E-state index in [1.54, 1.807) is 0 Å². The summed E-state index contributed by atoms with van der Waals surface area (Å²) in [6.07, 6.45) is -6.21. The number of carbonyl (C=O) groups excluding carboxylic acids is 3. The molecule has 1 aromatic carbocycles. The lowest BCUT2D eigenvalue weighted by atomic mass is 9.93. The van der Waals surface area contributed by atoms with E-state index < -0.39 is 35.7 Å². The van der Waals surface area contributed by atoms with Gasteiger partial charge in [0.25, 0.3) is 5.91 Å². The Morgan fingerprint density at radius 3 is 2.27 bits per heavy atom. The molecule has 1 aliphatic carbocycles. The number of amides is 3. The third-order valence-electron chi connectivity index (χ3n) is 5.24. The van der Waals surface area contributed by atoms with Gasteiger partial charge in [-0.15, -0.1) is 0 Å². The van der Waals surface area contributed by atoms with Gasteiger partial charge in [0, 0.05) is 28.1 Å². The number of halogens is 8. The highest BCUT2D eigenvalue weighted by molar-refractivity contribution is 6.31. The minimum Gasteiger partial charge on any atom is -0.455 e. The minimum atomic E-state index is -6.69. The molecule has 1 heterocycles. The van der Waals surface area contributed by atoms with Crippen molar-refractivity contribution in [3.63, 3.8) is 0 Å². The molecule has 200 valence electrons. The van der Waals surface area contributed by atoms with E-state index in [-0.39, 0.29) is 58.2 Å². The molecule has 2 aromatic rings. The van der Waals surface area contributed by atoms with Crippen LogP contribution in [0.15, 0.2) is 33.8 Å². The first-order valence-electron chi connectivity index (χ1n) is 10.3. The second-order valence-electron chi connectivity index (χ2n) is 7.77. The van der Waals surface area contributed by atoms with Crippen LogP contribution in [0.4, 0.5) is 30.7 Å². The number of furan rings is 1. The molecule has 37 heavy (non-hydrogen) atoms. The number of carbonyl (C=O) groups is 3. The van der Waals surface area contributed by atoms with Crippen LogP contribution in [-0.2, 0) is 11.2 Å². The van der Waals surface area contributed by atoms with Gasteiger partial charge in [0.1, 0.15) is 5.76 Å². The highest BCUT2D eigenvalue weighted by Gasteiger charge is 2.76. The number of hydrazone groups is 1. The number of nitrogens with zero attached hydrogens (tertiary/aromatic N) is 1. The Hall–Kier alpha value is -3.62. The van der Waals surface area contributed by atoms with Gasteiger partial charge in [-0.2, -0.15) is 35.8 Å². The van der Waals surface area contributed by atoms with Crippen molar-refractivity contribution in [2.45, 2.75) is 44.2 Å². The van der Waals surface area contributed by atoms with Crippen molar-refractivity contribution < 1.29 is 49.5 Å². The van der Waals surface area contributed by atoms with Crippen LogP contribution < -0.4 is 16.3 Å². The molecule has 0 saturated carbocycles. The zero-order valence-corrected chi connectivity index (χ0v) is 19.3. The number of alkyl halides is 7. The van der Waals surface area contributed by atoms with E-state index in [1.807, 2.05) is 0 Å². The standard InChI is InChI=1S/C21H16ClF7N4O4/c1-9-14-12(30-33-18(36)19(23,24)20(25,26)21(27,28)29)6-3-7-13(14)37-15(9)17(35)32-31-16(34)10-4-2-5-11(22)8-10/h2,4-5,8H,3,6-7H2,1H3,(H,31,34)(H,32,35)(H,33,36)/b30-12+. The van der Waals surface area contributed by atoms with Crippen molar-refractivity contribution in [2.24, 2.45) is 5.10 Å². The van der Waals surface area contributed by atoms with Crippen molar-refractivity contribution in [2.75, 3.05) is 0 Å². The molecule has 0 radical (unpaired) electrons. The van der Waals surface area contributed by atoms with Crippen molar-refractivity contribution in [1.82, 2.24) is 16.3 Å². The zero-order chi connectivity index (χ0) is 27.8. The summed E-state index contributed by atoms with van der Waals surface area (Å²) in [5.74, 6) is -17.6. The van der Waals surface area contributed by atoms with Crippen molar-refractivity contribution >= 4 is 35.0 Å². The second-order valence-corrected chi connectivity index (χ2v) is 8.21. The summed E-state index contributed by atoms with van der Waals surface area (Å²) < 4.78 is 95.7. The van der Waals surface area contributed by atoms with Gasteiger partial charge >= 0.3 is 29.8 Å². The maximum Gasteiger partial charge on any atom is 0.460 e. The number of hydrogen-bond donors (Lipinski definition) is 3. The SMILES string of the molecule is Cc1c(C(=O)NNC(=O)c2cccc(Cl)c2)oc2c1/C(=N/NC(=O)C(F)(F)C(F)(F)C(F)(F)F)CCC2. The second kappa shape index (κ2) is 10.0. The molecular formula is C21H16ClF7N4O4. The maximum atomic E-state index is 13.6. The van der Waals surface area contributed by atoms with E-state index >= 15 is 0 Å². The molecule has 0 fully saturated rings. The van der Waals surface area contributed by atoms with Crippen molar-refractivity contribution in [3.05, 3.63) is 57.5 Å². The summed E-state index contributed by atoms with van der Waals surface area (Å²) in [6.45, 7) is 1.35. The molecule has 1 aromatic heterocycles. The van der Waals surface area contributed by atoms with Crippen LogP contribution in [0, 0.1) is 6.92 Å². The Labute approximate surface area is 208 Å². The van der Waals surface area contributed by atoms with Gasteiger partial charge in [-0.05, 0) is 38.0 Å². The van der Waals surface area contributed by atoms with E-state index in [1.165, 1.54) is 31.2 Å². The summed E-state index contributed by atoms with van der Waals surface area (Å²) in [4.78, 5) is 36.2. The molecular weight excluding hydrogens is 541 g/mol. The number of aryl methyl sites for hydroxylation is 1. The Bertz CT molecular complexity index is 1270. The van der Waals surface area contributed by atoms with Crippen LogP contribution in [0.3, 0.4) is 0 Å². The first-order chi connectivity index (χ1) is 17.1. The van der Waals surface area contributed by atoms with Crippen molar-refractivity contribution in [1.29, 1.82) is 0 Å². The van der Waals surface area contributed by atoms with Gasteiger partial charge in [-0.1, -0.05) is 17.7 Å². The summed E-state index contributed by atoms with van der Waals surface area (Å²) in [6, 6.07) is 5.79. The third kappa shape index (κ3) is 5.40. The normalized spacial score (nSPS) is 15.2. The lowest BCUT2D eigenvalue weighted by Gasteiger charge is -2.26. The lowest BCUT2D eigenvalue weighted by molar-refractivity contribution is -0.344. The van der Waals surface area contributed by atoms with Gasteiger partial charge in [0.2, 0.25) is 0 Å². The molecule has 16 heteroatoms. The topological polar surface area (TPSA) is 113 Å². The molecule has 0 unspecified atom stereocenters. The quantitative estimate of drug-likeness (QED) is 0.376. The van der Waals surface area contributed by atoms with Gasteiger partial charge in [0.05, 0.1) is 5.71 Å². The van der Waals surface area contributed by atoms with E-state index in [2.05, 4.69) is 16.0 Å². The summed E-state index contributed by atoms with van der Waals surface area (Å²) >= 11 is 5.80. The van der Waals surface area contributed by atoms with Crippen LogP contribution in [-0.4, -0.2) is 41.5 Å². The predicted octanol–water partition coefficient (Wildman–Crippen LogP) is 4.31. The monoisotopic (exact) mass is 556 g/mol. The largest absolute Gasteiger partial charge is 0.460 e. The van der Waals surface area contributed by atoms with Crippen LogP contribution in [0.1, 0.15) is 50.6 Å². The molecule has 3 N–H and O–H groups in total. The molecule has 8 nitrogen and oxygen atoms in total. The van der Waals surface area contributed by atoms with Crippen LogP contribution in [0.25, 0.3) is 0 Å². The van der Waals surface area contributed by atoms with E-state index in [4.69, 9.17) is 16.0 Å². The fraction of sp³-hybridized carbons (Fsp3) is 0.333. The summed E-state index contributed by atoms with van der Waals surface area (Å²) in [5, 5.41) is 3.58. The predicted molar refractivity (Wildman–Crippen MR) is 113 cm³/mol. The molecule has 0 bridgehead atoms. The van der Waals surface area contributed by atoms with Crippen LogP contribution >= 0.6 is 11.6 Å². The lowest BCUT2D eigenvalue weighted by Crippen LogP contribution is -2.58. The maximum absolute atomic E-state index is 13.6. The molecule has 3 rings (SSSR count). The van der Waals surface area contributed by atoms with E-state index in [0.717, 1.165) is 5.43 Å². The Kier molecular flexibility index (Phi) is 7.58. The number of rotatable bonds is 5. The average molecular weight is 557 g/mol. The summed E-state index contributed by atoms with van der Waals surface area (Å²) in [7, 11) is 0. The number of hydrogen-bond acceptors (Lipinski definition) is 5. The minimum absolute atomic E-state index is 0.0125. The molecule has 0 spiro atoms. The van der Waals surface area contributed by atoms with E-state index in [0.29, 0.717) is 0 Å². The molecule has 0 saturated heterocycles. The van der Waals surface area contributed by atoms with Crippen LogP contribution in [0.2, 0.25) is 5.02 Å². The highest BCUT2D eigenvalue weighted by atomic mass is 35.5. The number of hydrazine groups is 1. The first kappa shape index (κ1) is 28.0. The summed E-state index contributed by atoms with van der Waals surface area (Å²) in [5.41, 5.74) is 5.39. The van der Waals surface area contributed by atoms with Crippen molar-refractivity contribution in [3.8, 4) is 0 Å². The van der Waals surface area contributed by atoms with Gasteiger partial charge in [0.15, 0.2) is 5.76 Å². The molecule has 0 aliphatic heterocycles. The van der Waals surface area contributed by atoms with E-state index in [9.17, 15) is 45.1 Å².